The zero-order valence-electron chi connectivity index (χ0n) is 12.2. The van der Waals surface area contributed by atoms with Crippen molar-refractivity contribution >= 4 is 32.5 Å². The van der Waals surface area contributed by atoms with Gasteiger partial charge in [-0.25, -0.2) is 0 Å². The average Bonchev–Trinajstić information content (AvgIpc) is 2.75. The maximum atomic E-state index is 6.15. The largest absolute Gasteiger partial charge is 0.384 e. The minimum Gasteiger partial charge on any atom is -0.384 e. The second-order valence-corrected chi connectivity index (χ2v) is 6.21. The molecule has 0 atom stereocenters. The Morgan fingerprint density at radius 2 is 1.86 bits per heavy atom. The standard InChI is InChI=1S/C17H18BrN3/c1-3-4-15-16(20-21(2)17(15)19)13-6-5-12-10-14(18)8-7-11(12)9-13/h5-10H,3-4,19H2,1-2H3. The molecule has 3 nitrogen and oxygen atoms in total. The summed E-state index contributed by atoms with van der Waals surface area (Å²) in [5.41, 5.74) is 9.43. The summed E-state index contributed by atoms with van der Waals surface area (Å²) in [7, 11) is 1.90. The van der Waals surface area contributed by atoms with Gasteiger partial charge in [-0.2, -0.15) is 5.10 Å². The third-order valence-corrected chi connectivity index (χ3v) is 4.26. The van der Waals surface area contributed by atoms with Crippen molar-refractivity contribution < 1.29 is 0 Å². The molecule has 4 heteroatoms. The lowest BCUT2D eigenvalue weighted by Gasteiger charge is -2.05. The molecule has 2 aromatic carbocycles. The minimum atomic E-state index is 0.766. The third-order valence-electron chi connectivity index (χ3n) is 3.77. The predicted octanol–water partition coefficient (Wildman–Crippen LogP) is 4.54. The molecule has 0 aliphatic rings. The highest BCUT2D eigenvalue weighted by Crippen LogP contribution is 2.31. The van der Waals surface area contributed by atoms with Crippen LogP contribution in [0.2, 0.25) is 0 Å². The van der Waals surface area contributed by atoms with E-state index in [1.54, 1.807) is 4.68 Å². The number of nitrogens with two attached hydrogens (primary N) is 1. The van der Waals surface area contributed by atoms with Crippen LogP contribution in [0, 0.1) is 0 Å². The molecule has 0 bridgehead atoms. The number of anilines is 1. The van der Waals surface area contributed by atoms with E-state index in [1.165, 1.54) is 10.8 Å². The number of hydrogen-bond donors (Lipinski definition) is 1. The van der Waals surface area contributed by atoms with Gasteiger partial charge >= 0.3 is 0 Å². The molecule has 1 heterocycles. The van der Waals surface area contributed by atoms with Gasteiger partial charge in [-0.3, -0.25) is 4.68 Å². The summed E-state index contributed by atoms with van der Waals surface area (Å²) in [5, 5.41) is 7.03. The average molecular weight is 344 g/mol. The monoisotopic (exact) mass is 343 g/mol. The SMILES string of the molecule is CCCc1c(-c2ccc3cc(Br)ccc3c2)nn(C)c1N. The van der Waals surface area contributed by atoms with Gasteiger partial charge in [0, 0.05) is 22.6 Å². The Morgan fingerprint density at radius 3 is 2.62 bits per heavy atom. The van der Waals surface area contributed by atoms with E-state index in [2.05, 4.69) is 64.4 Å². The highest BCUT2D eigenvalue weighted by atomic mass is 79.9. The Kier molecular flexibility index (Phi) is 3.72. The van der Waals surface area contributed by atoms with Crippen LogP contribution in [0.25, 0.3) is 22.0 Å². The molecule has 0 unspecified atom stereocenters. The Balaban J connectivity index is 2.16. The highest BCUT2D eigenvalue weighted by molar-refractivity contribution is 9.10. The van der Waals surface area contributed by atoms with Crippen molar-refractivity contribution in [2.75, 3.05) is 5.73 Å². The Bertz CT molecular complexity index is 805. The fraction of sp³-hybridized carbons (Fsp3) is 0.235. The van der Waals surface area contributed by atoms with Crippen LogP contribution < -0.4 is 5.73 Å². The molecule has 2 N–H and O–H groups in total. The molecule has 0 spiro atoms. The van der Waals surface area contributed by atoms with Crippen LogP contribution in [0.3, 0.4) is 0 Å². The van der Waals surface area contributed by atoms with Gasteiger partial charge in [-0.05, 0) is 35.4 Å². The second-order valence-electron chi connectivity index (χ2n) is 5.29. The molecule has 0 radical (unpaired) electrons. The molecule has 21 heavy (non-hydrogen) atoms. The van der Waals surface area contributed by atoms with E-state index < -0.39 is 0 Å². The molecule has 108 valence electrons. The van der Waals surface area contributed by atoms with E-state index >= 15 is 0 Å². The number of nitrogens with zero attached hydrogens (tertiary/aromatic N) is 2. The molecule has 3 rings (SSSR count). The quantitative estimate of drug-likeness (QED) is 0.758. The first-order valence-corrected chi connectivity index (χ1v) is 7.90. The predicted molar refractivity (Wildman–Crippen MR) is 92.3 cm³/mol. The van der Waals surface area contributed by atoms with E-state index in [0.717, 1.165) is 40.0 Å². The molecular formula is C17H18BrN3. The van der Waals surface area contributed by atoms with Crippen molar-refractivity contribution in [3.63, 3.8) is 0 Å². The number of aryl methyl sites for hydroxylation is 1. The van der Waals surface area contributed by atoms with Crippen LogP contribution >= 0.6 is 15.9 Å². The van der Waals surface area contributed by atoms with Crippen LogP contribution in [-0.2, 0) is 13.5 Å². The first-order chi connectivity index (χ1) is 10.1. The Hall–Kier alpha value is -1.81. The molecule has 0 fully saturated rings. The van der Waals surface area contributed by atoms with Crippen LogP contribution in [0.5, 0.6) is 0 Å². The van der Waals surface area contributed by atoms with Crippen molar-refractivity contribution in [2.24, 2.45) is 7.05 Å². The number of fused-ring (bicyclic) bond motifs is 1. The summed E-state index contributed by atoms with van der Waals surface area (Å²) in [6.07, 6.45) is 2.01. The number of rotatable bonds is 3. The number of halogens is 1. The van der Waals surface area contributed by atoms with E-state index in [4.69, 9.17) is 5.73 Å². The van der Waals surface area contributed by atoms with Crippen molar-refractivity contribution in [1.82, 2.24) is 9.78 Å². The van der Waals surface area contributed by atoms with Crippen LogP contribution in [0.1, 0.15) is 18.9 Å². The van der Waals surface area contributed by atoms with Gasteiger partial charge in [0.1, 0.15) is 5.82 Å². The van der Waals surface area contributed by atoms with E-state index in [9.17, 15) is 0 Å². The van der Waals surface area contributed by atoms with Crippen molar-refractivity contribution in [3.05, 3.63) is 46.4 Å². The summed E-state index contributed by atoms with van der Waals surface area (Å²) >= 11 is 3.51. The Morgan fingerprint density at radius 1 is 1.14 bits per heavy atom. The number of nitrogen functional groups attached to an aromatic ring is 1. The minimum absolute atomic E-state index is 0.766. The lowest BCUT2D eigenvalue weighted by atomic mass is 10.0. The summed E-state index contributed by atoms with van der Waals surface area (Å²) in [4.78, 5) is 0. The molecule has 0 amide bonds. The smallest absolute Gasteiger partial charge is 0.125 e. The maximum absolute atomic E-state index is 6.15. The normalized spacial score (nSPS) is 11.2. The van der Waals surface area contributed by atoms with Gasteiger partial charge < -0.3 is 5.73 Å². The summed E-state index contributed by atoms with van der Waals surface area (Å²) < 4.78 is 2.86. The fourth-order valence-corrected chi connectivity index (χ4v) is 3.05. The lowest BCUT2D eigenvalue weighted by molar-refractivity contribution is 0.781. The zero-order chi connectivity index (χ0) is 15.0. The topological polar surface area (TPSA) is 43.8 Å². The van der Waals surface area contributed by atoms with E-state index in [0.29, 0.717) is 0 Å². The number of hydrogen-bond acceptors (Lipinski definition) is 2. The number of aromatic nitrogens is 2. The van der Waals surface area contributed by atoms with E-state index in [1.807, 2.05) is 7.05 Å². The molecule has 0 saturated carbocycles. The molecule has 0 saturated heterocycles. The van der Waals surface area contributed by atoms with Gasteiger partial charge in [0.25, 0.3) is 0 Å². The molecule has 1 aromatic heterocycles. The van der Waals surface area contributed by atoms with Crippen molar-refractivity contribution in [2.45, 2.75) is 19.8 Å². The Labute approximate surface area is 132 Å². The fourth-order valence-electron chi connectivity index (χ4n) is 2.67. The molecule has 3 aromatic rings. The van der Waals surface area contributed by atoms with Gasteiger partial charge in [-0.15, -0.1) is 0 Å². The molecule has 0 aliphatic carbocycles. The maximum Gasteiger partial charge on any atom is 0.125 e. The van der Waals surface area contributed by atoms with Crippen molar-refractivity contribution in [3.8, 4) is 11.3 Å². The third kappa shape index (κ3) is 2.56. The number of benzene rings is 2. The highest BCUT2D eigenvalue weighted by Gasteiger charge is 2.14. The van der Waals surface area contributed by atoms with Gasteiger partial charge in [0.05, 0.1) is 5.69 Å². The summed E-state index contributed by atoms with van der Waals surface area (Å²) in [6, 6.07) is 12.7. The van der Waals surface area contributed by atoms with Gasteiger partial charge in [0.15, 0.2) is 0 Å². The summed E-state index contributed by atoms with van der Waals surface area (Å²) in [5.74, 6) is 0.766. The van der Waals surface area contributed by atoms with Gasteiger partial charge in [-0.1, -0.05) is 47.5 Å². The summed E-state index contributed by atoms with van der Waals surface area (Å²) in [6.45, 7) is 2.16. The van der Waals surface area contributed by atoms with Gasteiger partial charge in [0.2, 0.25) is 0 Å². The van der Waals surface area contributed by atoms with Crippen LogP contribution in [0.4, 0.5) is 5.82 Å². The second kappa shape index (κ2) is 5.53. The van der Waals surface area contributed by atoms with E-state index in [-0.39, 0.29) is 0 Å². The van der Waals surface area contributed by atoms with Crippen LogP contribution in [-0.4, -0.2) is 9.78 Å². The first-order valence-electron chi connectivity index (χ1n) is 7.11. The molecular weight excluding hydrogens is 326 g/mol. The first kappa shape index (κ1) is 14.1. The zero-order valence-corrected chi connectivity index (χ0v) is 13.8. The molecule has 0 aliphatic heterocycles. The lowest BCUT2D eigenvalue weighted by Crippen LogP contribution is -1.99. The van der Waals surface area contributed by atoms with Crippen LogP contribution in [0.15, 0.2) is 40.9 Å². The van der Waals surface area contributed by atoms with Crippen molar-refractivity contribution in [1.29, 1.82) is 0 Å².